The van der Waals surface area contributed by atoms with Gasteiger partial charge in [0.05, 0.1) is 6.26 Å². The molecule has 3 nitrogen and oxygen atoms in total. The Bertz CT molecular complexity index is 382. The molecule has 59 valence electrons. The molecule has 1 aromatic heterocycles. The maximum Gasteiger partial charge on any atom is 0.569 e. The van der Waals surface area contributed by atoms with Crippen LogP contribution in [0.3, 0.4) is 0 Å². The van der Waals surface area contributed by atoms with Crippen molar-refractivity contribution in [3.8, 4) is 5.75 Å². The van der Waals surface area contributed by atoms with Gasteiger partial charge in [0, 0.05) is 11.5 Å². The Labute approximate surface area is 69.9 Å². The molecular weight excluding hydrogens is 155 g/mol. The number of fused-ring (bicyclic) bond motifs is 1. The van der Waals surface area contributed by atoms with Crippen molar-refractivity contribution in [2.24, 2.45) is 0 Å². The summed E-state index contributed by atoms with van der Waals surface area (Å²) in [6.45, 7) is 0. The van der Waals surface area contributed by atoms with Crippen LogP contribution >= 0.6 is 0 Å². The predicted molar refractivity (Wildman–Crippen MR) is 44.8 cm³/mol. The Morgan fingerprint density at radius 2 is 2.25 bits per heavy atom. The minimum absolute atomic E-state index is 0.556. The largest absolute Gasteiger partial charge is 0.569 e. The van der Waals surface area contributed by atoms with E-state index in [2.05, 4.69) is 0 Å². The fourth-order valence-corrected chi connectivity index (χ4v) is 1.07. The minimum Gasteiger partial charge on any atom is -0.537 e. The first-order valence-electron chi connectivity index (χ1n) is 3.50. The Hall–Kier alpha value is -1.42. The van der Waals surface area contributed by atoms with Crippen LogP contribution in [0.25, 0.3) is 11.0 Å². The molecule has 0 aliphatic carbocycles. The molecule has 2 rings (SSSR count). The molecule has 0 atom stereocenters. The molecule has 0 fully saturated rings. The third kappa shape index (κ3) is 1.17. The molecule has 0 aliphatic heterocycles. The SMILES string of the molecule is O[B]Oc1ccc2ccoc2c1. The third-order valence-electron chi connectivity index (χ3n) is 1.62. The maximum absolute atomic E-state index is 8.36. The second kappa shape index (κ2) is 2.91. The smallest absolute Gasteiger partial charge is 0.537 e. The van der Waals surface area contributed by atoms with E-state index in [1.165, 1.54) is 0 Å². The monoisotopic (exact) mass is 161 g/mol. The lowest BCUT2D eigenvalue weighted by Crippen LogP contribution is -1.98. The average molecular weight is 161 g/mol. The highest BCUT2D eigenvalue weighted by atomic mass is 16.5. The van der Waals surface area contributed by atoms with Gasteiger partial charge in [-0.2, -0.15) is 0 Å². The molecule has 0 saturated carbocycles. The van der Waals surface area contributed by atoms with Gasteiger partial charge in [-0.3, -0.25) is 0 Å². The average Bonchev–Trinajstić information content (AvgIpc) is 2.51. The number of rotatable bonds is 2. The molecule has 2 aromatic rings. The topological polar surface area (TPSA) is 42.6 Å². The van der Waals surface area contributed by atoms with E-state index in [0.717, 1.165) is 11.0 Å². The summed E-state index contributed by atoms with van der Waals surface area (Å²) in [7, 11) is 0.643. The van der Waals surface area contributed by atoms with Crippen LogP contribution < -0.4 is 4.65 Å². The fraction of sp³-hybridized carbons (Fsp3) is 0. The highest BCUT2D eigenvalue weighted by Gasteiger charge is 1.99. The molecule has 4 heteroatoms. The Kier molecular flexibility index (Phi) is 1.76. The highest BCUT2D eigenvalue weighted by Crippen LogP contribution is 2.20. The number of furan rings is 1. The molecule has 0 unspecified atom stereocenters. The van der Waals surface area contributed by atoms with Crippen molar-refractivity contribution >= 4 is 18.7 Å². The van der Waals surface area contributed by atoms with E-state index in [-0.39, 0.29) is 0 Å². The summed E-state index contributed by atoms with van der Waals surface area (Å²) in [5.74, 6) is 0.556. The van der Waals surface area contributed by atoms with Crippen molar-refractivity contribution in [3.63, 3.8) is 0 Å². The van der Waals surface area contributed by atoms with Crippen LogP contribution in [-0.4, -0.2) is 12.7 Å². The fourth-order valence-electron chi connectivity index (χ4n) is 1.07. The Morgan fingerprint density at radius 1 is 1.33 bits per heavy atom. The summed E-state index contributed by atoms with van der Waals surface area (Å²) in [6, 6.07) is 7.19. The van der Waals surface area contributed by atoms with E-state index in [4.69, 9.17) is 14.1 Å². The van der Waals surface area contributed by atoms with Crippen LogP contribution in [0.2, 0.25) is 0 Å². The lowest BCUT2D eigenvalue weighted by Gasteiger charge is -1.99. The van der Waals surface area contributed by atoms with Gasteiger partial charge in [-0.25, -0.2) is 0 Å². The van der Waals surface area contributed by atoms with Crippen LogP contribution in [0.1, 0.15) is 0 Å². The molecule has 1 N–H and O–H groups in total. The molecule has 1 heterocycles. The summed E-state index contributed by atoms with van der Waals surface area (Å²) in [6.07, 6.45) is 1.61. The zero-order valence-electron chi connectivity index (χ0n) is 6.23. The quantitative estimate of drug-likeness (QED) is 0.675. The van der Waals surface area contributed by atoms with E-state index >= 15 is 0 Å². The standard InChI is InChI=1S/C8H6BO3/c10-9-12-7-2-1-6-3-4-11-8(6)5-7/h1-5,10H. The van der Waals surface area contributed by atoms with Crippen LogP contribution in [0.4, 0.5) is 0 Å². The Balaban J connectivity index is 2.46. The lowest BCUT2D eigenvalue weighted by atomic mass is 10.2. The van der Waals surface area contributed by atoms with Crippen molar-refractivity contribution in [2.45, 2.75) is 0 Å². The van der Waals surface area contributed by atoms with Gasteiger partial charge in [0.15, 0.2) is 0 Å². The van der Waals surface area contributed by atoms with E-state index < -0.39 is 0 Å². The summed E-state index contributed by atoms with van der Waals surface area (Å²) < 4.78 is 9.88. The van der Waals surface area contributed by atoms with Gasteiger partial charge in [-0.05, 0) is 18.2 Å². The number of hydrogen-bond acceptors (Lipinski definition) is 3. The van der Waals surface area contributed by atoms with E-state index in [9.17, 15) is 0 Å². The maximum atomic E-state index is 8.36. The van der Waals surface area contributed by atoms with Crippen molar-refractivity contribution in [1.82, 2.24) is 0 Å². The van der Waals surface area contributed by atoms with E-state index in [1.807, 2.05) is 12.1 Å². The zero-order valence-corrected chi connectivity index (χ0v) is 6.23. The summed E-state index contributed by atoms with van der Waals surface area (Å²) >= 11 is 0. The van der Waals surface area contributed by atoms with Gasteiger partial charge in [0.1, 0.15) is 11.3 Å². The first kappa shape index (κ1) is 7.25. The van der Waals surface area contributed by atoms with Gasteiger partial charge in [-0.15, -0.1) is 0 Å². The van der Waals surface area contributed by atoms with Gasteiger partial charge in [0.25, 0.3) is 0 Å². The number of hydrogen-bond donors (Lipinski definition) is 1. The Morgan fingerprint density at radius 3 is 3.08 bits per heavy atom. The van der Waals surface area contributed by atoms with Crippen LogP contribution in [-0.2, 0) is 0 Å². The molecule has 0 aliphatic rings. The summed E-state index contributed by atoms with van der Waals surface area (Å²) in [5, 5.41) is 9.38. The first-order chi connectivity index (χ1) is 5.90. The molecule has 1 radical (unpaired) electrons. The molecule has 0 amide bonds. The normalized spacial score (nSPS) is 10.1. The van der Waals surface area contributed by atoms with Crippen LogP contribution in [0.15, 0.2) is 34.9 Å². The first-order valence-corrected chi connectivity index (χ1v) is 3.50. The molecular formula is C8H6BO3. The third-order valence-corrected chi connectivity index (χ3v) is 1.62. The van der Waals surface area contributed by atoms with Gasteiger partial charge < -0.3 is 14.1 Å². The minimum atomic E-state index is 0.556. The van der Waals surface area contributed by atoms with E-state index in [1.54, 1.807) is 18.4 Å². The highest BCUT2D eigenvalue weighted by molar-refractivity contribution is 6.17. The van der Waals surface area contributed by atoms with Crippen molar-refractivity contribution in [2.75, 3.05) is 0 Å². The second-order valence-corrected chi connectivity index (χ2v) is 2.34. The number of benzene rings is 1. The van der Waals surface area contributed by atoms with E-state index in [0.29, 0.717) is 13.4 Å². The predicted octanol–water partition coefficient (Wildman–Crippen LogP) is 1.34. The van der Waals surface area contributed by atoms with Gasteiger partial charge >= 0.3 is 7.69 Å². The molecule has 0 spiro atoms. The molecule has 12 heavy (non-hydrogen) atoms. The second-order valence-electron chi connectivity index (χ2n) is 2.34. The van der Waals surface area contributed by atoms with Gasteiger partial charge in [0.2, 0.25) is 0 Å². The lowest BCUT2D eigenvalue weighted by molar-refractivity contribution is 0.453. The molecule has 0 bridgehead atoms. The molecule has 0 saturated heterocycles. The van der Waals surface area contributed by atoms with Crippen molar-refractivity contribution in [1.29, 1.82) is 0 Å². The molecule has 1 aromatic carbocycles. The zero-order chi connectivity index (χ0) is 8.39. The van der Waals surface area contributed by atoms with Gasteiger partial charge in [-0.1, -0.05) is 0 Å². The van der Waals surface area contributed by atoms with Crippen LogP contribution in [0.5, 0.6) is 5.75 Å². The van der Waals surface area contributed by atoms with Crippen LogP contribution in [0, 0.1) is 0 Å². The summed E-state index contributed by atoms with van der Waals surface area (Å²) in [5.41, 5.74) is 0.745. The van der Waals surface area contributed by atoms with Crippen molar-refractivity contribution < 1.29 is 14.1 Å². The van der Waals surface area contributed by atoms with Crippen molar-refractivity contribution in [3.05, 3.63) is 30.5 Å². The summed E-state index contributed by atoms with van der Waals surface area (Å²) in [4.78, 5) is 0.